The third kappa shape index (κ3) is 8.17. The minimum Gasteiger partial charge on any atom is -0.497 e. The fraction of sp³-hybridized carbons (Fsp3) is 0.550. The van der Waals surface area contributed by atoms with E-state index in [1.807, 2.05) is 31.2 Å². The molecule has 8 nitrogen and oxygen atoms in total. The monoisotopic (exact) mass is 514 g/mol. The van der Waals surface area contributed by atoms with Gasteiger partial charge in [-0.3, -0.25) is 5.10 Å². The smallest absolute Gasteiger partial charge is 0.191 e. The van der Waals surface area contributed by atoms with E-state index in [9.17, 15) is 0 Å². The number of hydrogen-bond donors (Lipinski definition) is 3. The van der Waals surface area contributed by atoms with Gasteiger partial charge in [0.1, 0.15) is 18.1 Å². The number of benzene rings is 1. The van der Waals surface area contributed by atoms with Gasteiger partial charge in [0.15, 0.2) is 11.8 Å². The maximum atomic E-state index is 5.66. The van der Waals surface area contributed by atoms with Crippen molar-refractivity contribution in [1.82, 2.24) is 25.8 Å². The van der Waals surface area contributed by atoms with Gasteiger partial charge in [-0.25, -0.2) is 9.98 Å². The molecule has 1 heterocycles. The Morgan fingerprint density at radius 2 is 2.03 bits per heavy atom. The zero-order valence-electron chi connectivity index (χ0n) is 17.1. The first kappa shape index (κ1) is 23.4. The summed E-state index contributed by atoms with van der Waals surface area (Å²) < 4.78 is 10.8. The van der Waals surface area contributed by atoms with Crippen LogP contribution in [-0.4, -0.2) is 54.6 Å². The Labute approximate surface area is 189 Å². The molecule has 0 atom stereocenters. The molecule has 160 valence electrons. The normalized spacial score (nSPS) is 13.7. The van der Waals surface area contributed by atoms with Crippen LogP contribution in [0.25, 0.3) is 11.4 Å². The lowest BCUT2D eigenvalue weighted by Gasteiger charge is -2.11. The zero-order valence-corrected chi connectivity index (χ0v) is 19.4. The van der Waals surface area contributed by atoms with E-state index < -0.39 is 0 Å². The summed E-state index contributed by atoms with van der Waals surface area (Å²) in [5.41, 5.74) is 0.934. The van der Waals surface area contributed by atoms with Crippen molar-refractivity contribution in [3.8, 4) is 17.1 Å². The third-order valence-electron chi connectivity index (χ3n) is 4.42. The maximum Gasteiger partial charge on any atom is 0.191 e. The molecular formula is C20H31IN6O2. The van der Waals surface area contributed by atoms with E-state index in [1.54, 1.807) is 7.11 Å². The van der Waals surface area contributed by atoms with E-state index in [1.165, 1.54) is 12.8 Å². The van der Waals surface area contributed by atoms with Crippen LogP contribution in [0.15, 0.2) is 29.3 Å². The molecule has 0 unspecified atom stereocenters. The Morgan fingerprint density at radius 1 is 1.24 bits per heavy atom. The number of ether oxygens (including phenoxy) is 2. The van der Waals surface area contributed by atoms with Crippen molar-refractivity contribution in [2.24, 2.45) is 10.9 Å². The van der Waals surface area contributed by atoms with Crippen molar-refractivity contribution < 1.29 is 9.47 Å². The van der Waals surface area contributed by atoms with Crippen LogP contribution in [-0.2, 0) is 11.3 Å². The number of H-pyrrole nitrogens is 1. The van der Waals surface area contributed by atoms with Crippen molar-refractivity contribution in [2.45, 2.75) is 32.7 Å². The molecule has 1 fully saturated rings. The van der Waals surface area contributed by atoms with E-state index >= 15 is 0 Å². The predicted octanol–water partition coefficient (Wildman–Crippen LogP) is 2.97. The number of nitrogens with one attached hydrogen (secondary N) is 3. The number of halogens is 1. The molecule has 29 heavy (non-hydrogen) atoms. The maximum absolute atomic E-state index is 5.66. The number of aliphatic imine (C=N–C) groups is 1. The van der Waals surface area contributed by atoms with Gasteiger partial charge >= 0.3 is 0 Å². The molecule has 0 bridgehead atoms. The van der Waals surface area contributed by atoms with Crippen molar-refractivity contribution in [2.75, 3.05) is 33.4 Å². The van der Waals surface area contributed by atoms with Gasteiger partial charge in [0.25, 0.3) is 0 Å². The van der Waals surface area contributed by atoms with Crippen LogP contribution in [0.2, 0.25) is 0 Å². The number of aromatic nitrogens is 3. The van der Waals surface area contributed by atoms with Crippen molar-refractivity contribution in [1.29, 1.82) is 0 Å². The number of guanidine groups is 1. The second-order valence-corrected chi connectivity index (χ2v) is 6.83. The van der Waals surface area contributed by atoms with Crippen molar-refractivity contribution >= 4 is 29.9 Å². The van der Waals surface area contributed by atoms with E-state index in [2.05, 4.69) is 30.8 Å². The van der Waals surface area contributed by atoms with Crippen LogP contribution >= 0.6 is 24.0 Å². The lowest BCUT2D eigenvalue weighted by atomic mass is 10.2. The molecule has 0 amide bonds. The van der Waals surface area contributed by atoms with Crippen LogP contribution in [0.3, 0.4) is 0 Å². The highest BCUT2D eigenvalue weighted by Crippen LogP contribution is 2.28. The second-order valence-electron chi connectivity index (χ2n) is 6.83. The topological polar surface area (TPSA) is 96.5 Å². The van der Waals surface area contributed by atoms with Crippen molar-refractivity contribution in [3.05, 3.63) is 30.1 Å². The van der Waals surface area contributed by atoms with Crippen LogP contribution in [0.4, 0.5) is 0 Å². The molecule has 9 heteroatoms. The van der Waals surface area contributed by atoms with Gasteiger partial charge in [0.05, 0.1) is 7.11 Å². The van der Waals surface area contributed by atoms with Gasteiger partial charge in [-0.2, -0.15) is 5.10 Å². The van der Waals surface area contributed by atoms with Gasteiger partial charge in [0, 0.05) is 31.9 Å². The first-order valence-electron chi connectivity index (χ1n) is 9.94. The summed E-state index contributed by atoms with van der Waals surface area (Å²) in [7, 11) is 1.65. The Bertz CT molecular complexity index is 746. The molecule has 2 aromatic rings. The van der Waals surface area contributed by atoms with Gasteiger partial charge in [-0.05, 0) is 56.4 Å². The number of aromatic amines is 1. The summed E-state index contributed by atoms with van der Waals surface area (Å²) in [5.74, 6) is 3.77. The predicted molar refractivity (Wildman–Crippen MR) is 125 cm³/mol. The fourth-order valence-corrected chi connectivity index (χ4v) is 2.65. The molecule has 1 aliphatic rings. The summed E-state index contributed by atoms with van der Waals surface area (Å²) in [6.45, 7) is 5.80. The molecule has 1 aromatic heterocycles. The standard InChI is InChI=1S/C20H30N6O2.HI/c1-3-21-20(22-11-4-12-28-14-15-5-6-15)23-13-18-24-19(26-25-18)16-7-9-17(27-2)10-8-16;/h7-10,15H,3-6,11-14H2,1-2H3,(H2,21,22,23)(H,24,25,26);1H. The molecule has 0 saturated heterocycles. The molecule has 0 radical (unpaired) electrons. The van der Waals surface area contributed by atoms with Gasteiger partial charge in [-0.1, -0.05) is 0 Å². The average Bonchev–Trinajstić information content (AvgIpc) is 3.43. The first-order chi connectivity index (χ1) is 13.8. The Hall–Kier alpha value is -1.88. The second kappa shape index (κ2) is 12.6. The molecular weight excluding hydrogens is 483 g/mol. The number of hydrogen-bond acceptors (Lipinski definition) is 5. The first-order valence-corrected chi connectivity index (χ1v) is 9.94. The average molecular weight is 514 g/mol. The number of nitrogens with zero attached hydrogens (tertiary/aromatic N) is 3. The van der Waals surface area contributed by atoms with Crippen LogP contribution in [0.5, 0.6) is 5.75 Å². The highest BCUT2D eigenvalue weighted by Gasteiger charge is 2.20. The summed E-state index contributed by atoms with van der Waals surface area (Å²) in [6.07, 6.45) is 3.62. The third-order valence-corrected chi connectivity index (χ3v) is 4.42. The summed E-state index contributed by atoms with van der Waals surface area (Å²) >= 11 is 0. The van der Waals surface area contributed by atoms with Crippen LogP contribution in [0.1, 0.15) is 32.0 Å². The Kier molecular flexibility index (Phi) is 10.2. The van der Waals surface area contributed by atoms with E-state index in [-0.39, 0.29) is 24.0 Å². The SMILES string of the molecule is CCNC(=NCc1nc(-c2ccc(OC)cc2)n[nH]1)NCCCOCC1CC1.I. The number of rotatable bonds is 11. The quantitative estimate of drug-likeness (QED) is 0.185. The Morgan fingerprint density at radius 3 is 2.72 bits per heavy atom. The molecule has 3 N–H and O–H groups in total. The number of methoxy groups -OCH3 is 1. The van der Waals surface area contributed by atoms with E-state index in [4.69, 9.17) is 9.47 Å². The van der Waals surface area contributed by atoms with Gasteiger partial charge in [0.2, 0.25) is 0 Å². The zero-order chi connectivity index (χ0) is 19.6. The highest BCUT2D eigenvalue weighted by atomic mass is 127. The fourth-order valence-electron chi connectivity index (χ4n) is 2.65. The summed E-state index contributed by atoms with van der Waals surface area (Å²) in [5, 5.41) is 13.8. The highest BCUT2D eigenvalue weighted by molar-refractivity contribution is 14.0. The molecule has 1 aromatic carbocycles. The lowest BCUT2D eigenvalue weighted by Crippen LogP contribution is -2.38. The minimum atomic E-state index is 0. The van der Waals surface area contributed by atoms with Gasteiger partial charge in [-0.15, -0.1) is 24.0 Å². The Balaban J connectivity index is 0.00000300. The largest absolute Gasteiger partial charge is 0.497 e. The lowest BCUT2D eigenvalue weighted by molar-refractivity contribution is 0.123. The molecule has 3 rings (SSSR count). The molecule has 0 aliphatic heterocycles. The van der Waals surface area contributed by atoms with Crippen LogP contribution < -0.4 is 15.4 Å². The van der Waals surface area contributed by atoms with Gasteiger partial charge < -0.3 is 20.1 Å². The summed E-state index contributed by atoms with van der Waals surface area (Å²) in [4.78, 5) is 9.10. The molecule has 0 spiro atoms. The van der Waals surface area contributed by atoms with Crippen molar-refractivity contribution in [3.63, 3.8) is 0 Å². The van der Waals surface area contributed by atoms with E-state index in [0.29, 0.717) is 12.4 Å². The minimum absolute atomic E-state index is 0. The summed E-state index contributed by atoms with van der Waals surface area (Å²) in [6, 6.07) is 7.66. The van der Waals surface area contributed by atoms with Crippen LogP contribution in [0, 0.1) is 5.92 Å². The van der Waals surface area contributed by atoms with E-state index in [0.717, 1.165) is 61.7 Å². The molecule has 1 saturated carbocycles. The molecule has 1 aliphatic carbocycles.